The van der Waals surface area contributed by atoms with Crippen molar-refractivity contribution in [1.29, 1.82) is 0 Å². The van der Waals surface area contributed by atoms with Crippen molar-refractivity contribution in [3.05, 3.63) is 62.5 Å². The van der Waals surface area contributed by atoms with Gasteiger partial charge in [0.05, 0.1) is 11.3 Å². The number of alkyl halides is 3. The third kappa shape index (κ3) is 4.10. The Bertz CT molecular complexity index is 963. The van der Waals surface area contributed by atoms with E-state index < -0.39 is 11.7 Å². The van der Waals surface area contributed by atoms with E-state index in [1.165, 1.54) is 34.1 Å². The van der Waals surface area contributed by atoms with Crippen molar-refractivity contribution in [2.24, 2.45) is 0 Å². The van der Waals surface area contributed by atoms with E-state index in [2.05, 4.69) is 10.1 Å². The zero-order valence-electron chi connectivity index (χ0n) is 14.2. The molecule has 0 radical (unpaired) electrons. The van der Waals surface area contributed by atoms with E-state index >= 15 is 0 Å². The summed E-state index contributed by atoms with van der Waals surface area (Å²) in [5, 5.41) is 5.04. The van der Waals surface area contributed by atoms with Gasteiger partial charge in [0.2, 0.25) is 4.96 Å². The van der Waals surface area contributed by atoms with E-state index in [9.17, 15) is 18.0 Å². The Hall–Kier alpha value is -2.26. The molecule has 2 aromatic heterocycles. The lowest BCUT2D eigenvalue weighted by atomic mass is 10.1. The van der Waals surface area contributed by atoms with Gasteiger partial charge in [-0.2, -0.15) is 22.8 Å². The minimum atomic E-state index is -4.34. The van der Waals surface area contributed by atoms with Crippen molar-refractivity contribution < 1.29 is 13.2 Å². The summed E-state index contributed by atoms with van der Waals surface area (Å²) in [7, 11) is 1.82. The molecule has 3 aromatic rings. The molecule has 1 aromatic carbocycles. The SMILES string of the molecule is CCc1nn2c(=O)cc(CN(C)Cc3ccc(C(F)(F)F)cc3)nc2s1. The standard InChI is InChI=1S/C17H17F3N4OS/c1-3-14-22-24-15(25)8-13(21-16(24)26-14)10-23(2)9-11-4-6-12(7-5-11)17(18,19)20/h4-8H,3,9-10H2,1-2H3. The Morgan fingerprint density at radius 3 is 2.50 bits per heavy atom. The van der Waals surface area contributed by atoms with Crippen LogP contribution in [0, 0.1) is 0 Å². The van der Waals surface area contributed by atoms with E-state index in [0.717, 1.165) is 29.1 Å². The van der Waals surface area contributed by atoms with Gasteiger partial charge in [-0.05, 0) is 31.2 Å². The van der Waals surface area contributed by atoms with Crippen LogP contribution in [0.3, 0.4) is 0 Å². The third-order valence-corrected chi connectivity index (χ3v) is 4.86. The molecule has 0 N–H and O–H groups in total. The first-order valence-corrected chi connectivity index (χ1v) is 8.81. The second-order valence-corrected chi connectivity index (χ2v) is 7.04. The zero-order valence-corrected chi connectivity index (χ0v) is 15.1. The molecule has 0 aliphatic rings. The first kappa shape index (κ1) is 18.5. The van der Waals surface area contributed by atoms with Crippen LogP contribution in [0.5, 0.6) is 0 Å². The van der Waals surface area contributed by atoms with Crippen LogP contribution in [0.25, 0.3) is 4.96 Å². The molecule has 0 saturated carbocycles. The summed E-state index contributed by atoms with van der Waals surface area (Å²) in [6.45, 7) is 2.82. The topological polar surface area (TPSA) is 50.5 Å². The van der Waals surface area contributed by atoms with Gasteiger partial charge in [0.25, 0.3) is 5.56 Å². The lowest BCUT2D eigenvalue weighted by molar-refractivity contribution is -0.137. The lowest BCUT2D eigenvalue weighted by Gasteiger charge is -2.16. The maximum atomic E-state index is 12.6. The number of benzene rings is 1. The van der Waals surface area contributed by atoms with E-state index in [1.54, 1.807) is 0 Å². The van der Waals surface area contributed by atoms with E-state index in [4.69, 9.17) is 0 Å². The van der Waals surface area contributed by atoms with Crippen molar-refractivity contribution in [2.75, 3.05) is 7.05 Å². The van der Waals surface area contributed by atoms with Gasteiger partial charge in [0, 0.05) is 19.2 Å². The lowest BCUT2D eigenvalue weighted by Crippen LogP contribution is -2.21. The van der Waals surface area contributed by atoms with Crippen LogP contribution in [-0.4, -0.2) is 26.5 Å². The number of halogens is 3. The van der Waals surface area contributed by atoms with Gasteiger partial charge in [-0.25, -0.2) is 4.98 Å². The Morgan fingerprint density at radius 1 is 1.19 bits per heavy atom. The summed E-state index contributed by atoms with van der Waals surface area (Å²) in [5.41, 5.74) is 0.463. The molecular weight excluding hydrogens is 365 g/mol. The minimum Gasteiger partial charge on any atom is -0.296 e. The molecule has 0 saturated heterocycles. The van der Waals surface area contributed by atoms with Crippen LogP contribution in [0.1, 0.15) is 28.8 Å². The normalized spacial score (nSPS) is 12.2. The predicted octanol–water partition coefficient (Wildman–Crippen LogP) is 3.36. The number of aromatic nitrogens is 3. The molecule has 3 rings (SSSR count). The van der Waals surface area contributed by atoms with Gasteiger partial charge in [0.15, 0.2) is 0 Å². The van der Waals surface area contributed by atoms with Crippen LogP contribution in [-0.2, 0) is 25.7 Å². The number of fused-ring (bicyclic) bond motifs is 1. The molecule has 2 heterocycles. The van der Waals surface area contributed by atoms with Gasteiger partial charge in [-0.3, -0.25) is 9.69 Å². The Kier molecular flexibility index (Phi) is 5.10. The summed E-state index contributed by atoms with van der Waals surface area (Å²) in [5.74, 6) is 0. The molecule has 0 aliphatic heterocycles. The highest BCUT2D eigenvalue weighted by Gasteiger charge is 2.29. The van der Waals surface area contributed by atoms with Crippen molar-refractivity contribution in [2.45, 2.75) is 32.6 Å². The highest BCUT2D eigenvalue weighted by molar-refractivity contribution is 7.16. The maximum absolute atomic E-state index is 12.6. The molecule has 0 spiro atoms. The summed E-state index contributed by atoms with van der Waals surface area (Å²) in [6, 6.07) is 6.51. The Morgan fingerprint density at radius 2 is 1.88 bits per heavy atom. The largest absolute Gasteiger partial charge is 0.416 e. The second-order valence-electron chi connectivity index (χ2n) is 6.00. The van der Waals surface area contributed by atoms with Crippen LogP contribution >= 0.6 is 11.3 Å². The average Bonchev–Trinajstić information content (AvgIpc) is 2.98. The summed E-state index contributed by atoms with van der Waals surface area (Å²) >= 11 is 1.38. The minimum absolute atomic E-state index is 0.233. The molecule has 0 unspecified atom stereocenters. The Balaban J connectivity index is 1.72. The number of rotatable bonds is 5. The molecule has 0 atom stereocenters. The first-order valence-electron chi connectivity index (χ1n) is 7.99. The molecule has 138 valence electrons. The van der Waals surface area contributed by atoms with E-state index in [-0.39, 0.29) is 5.56 Å². The highest BCUT2D eigenvalue weighted by atomic mass is 32.1. The van der Waals surface area contributed by atoms with E-state index in [0.29, 0.717) is 23.7 Å². The molecule has 26 heavy (non-hydrogen) atoms. The van der Waals surface area contributed by atoms with Crippen molar-refractivity contribution in [3.63, 3.8) is 0 Å². The zero-order chi connectivity index (χ0) is 18.9. The molecule has 0 fully saturated rings. The van der Waals surface area contributed by atoms with Crippen molar-refractivity contribution in [1.82, 2.24) is 19.5 Å². The molecule has 0 amide bonds. The average molecular weight is 382 g/mol. The molecule has 5 nitrogen and oxygen atoms in total. The molecule has 0 bridgehead atoms. The third-order valence-electron chi connectivity index (χ3n) is 3.81. The van der Waals surface area contributed by atoms with Crippen molar-refractivity contribution in [3.8, 4) is 0 Å². The molecular formula is C17H17F3N4OS. The maximum Gasteiger partial charge on any atom is 0.416 e. The number of hydrogen-bond donors (Lipinski definition) is 0. The second kappa shape index (κ2) is 7.16. The smallest absolute Gasteiger partial charge is 0.296 e. The predicted molar refractivity (Wildman–Crippen MR) is 93.1 cm³/mol. The molecule has 0 aliphatic carbocycles. The number of aryl methyl sites for hydroxylation is 1. The van der Waals surface area contributed by atoms with Crippen LogP contribution in [0.4, 0.5) is 13.2 Å². The fourth-order valence-corrected chi connectivity index (χ4v) is 3.42. The van der Waals surface area contributed by atoms with Gasteiger partial charge in [-0.15, -0.1) is 0 Å². The highest BCUT2D eigenvalue weighted by Crippen LogP contribution is 2.29. The molecule has 9 heteroatoms. The summed E-state index contributed by atoms with van der Waals surface area (Å²) < 4.78 is 39.1. The van der Waals surface area contributed by atoms with E-state index in [1.807, 2.05) is 18.9 Å². The van der Waals surface area contributed by atoms with Gasteiger partial charge in [0.1, 0.15) is 5.01 Å². The first-order chi connectivity index (χ1) is 12.3. The summed E-state index contributed by atoms with van der Waals surface area (Å²) in [4.78, 5) is 19.0. The summed E-state index contributed by atoms with van der Waals surface area (Å²) in [6.07, 6.45) is -3.60. The van der Waals surface area contributed by atoms with Crippen LogP contribution < -0.4 is 5.56 Å². The fraction of sp³-hybridized carbons (Fsp3) is 0.353. The van der Waals surface area contributed by atoms with Crippen LogP contribution in [0.15, 0.2) is 35.1 Å². The fourth-order valence-electron chi connectivity index (χ4n) is 2.56. The number of nitrogens with zero attached hydrogens (tertiary/aromatic N) is 4. The monoisotopic (exact) mass is 382 g/mol. The van der Waals surface area contributed by atoms with Gasteiger partial charge >= 0.3 is 6.18 Å². The quantitative estimate of drug-likeness (QED) is 0.679. The van der Waals surface area contributed by atoms with Gasteiger partial charge in [-0.1, -0.05) is 30.4 Å². The van der Waals surface area contributed by atoms with Crippen molar-refractivity contribution >= 4 is 16.3 Å². The van der Waals surface area contributed by atoms with Gasteiger partial charge < -0.3 is 0 Å². The number of hydrogen-bond acceptors (Lipinski definition) is 5. The van der Waals surface area contributed by atoms with Crippen LogP contribution in [0.2, 0.25) is 0 Å². The Labute approximate surface area is 151 Å².